The van der Waals surface area contributed by atoms with Crippen molar-refractivity contribution < 1.29 is 4.79 Å². The standard InChI is InChI=1S/C17H15N5O/c1-11(23)22-17(10-16(21-22)13-3-2-6-18-13)12-4-5-14-15(9-12)20-8-7-19-14/h2-9,17-18H,10H2,1H3. The second kappa shape index (κ2) is 5.31. The Bertz CT molecular complexity index is 900. The predicted molar refractivity (Wildman–Crippen MR) is 86.7 cm³/mol. The maximum atomic E-state index is 12.0. The number of benzene rings is 1. The summed E-state index contributed by atoms with van der Waals surface area (Å²) in [5.74, 6) is -0.0733. The molecule has 3 heterocycles. The molecule has 0 spiro atoms. The number of carbonyl (C=O) groups is 1. The number of aromatic nitrogens is 3. The van der Waals surface area contributed by atoms with Gasteiger partial charge in [0.1, 0.15) is 0 Å². The Balaban J connectivity index is 1.73. The lowest BCUT2D eigenvalue weighted by atomic mass is 10.00. The highest BCUT2D eigenvalue weighted by Crippen LogP contribution is 2.33. The highest BCUT2D eigenvalue weighted by molar-refractivity contribution is 6.01. The van der Waals surface area contributed by atoms with Gasteiger partial charge in [-0.2, -0.15) is 5.10 Å². The van der Waals surface area contributed by atoms with E-state index in [9.17, 15) is 4.79 Å². The molecule has 23 heavy (non-hydrogen) atoms. The summed E-state index contributed by atoms with van der Waals surface area (Å²) in [7, 11) is 0. The van der Waals surface area contributed by atoms with Crippen LogP contribution in [-0.4, -0.2) is 31.6 Å². The van der Waals surface area contributed by atoms with E-state index in [-0.39, 0.29) is 11.9 Å². The normalized spacial score (nSPS) is 17.5. The van der Waals surface area contributed by atoms with Crippen molar-refractivity contribution in [2.75, 3.05) is 0 Å². The molecule has 1 aromatic carbocycles. The maximum absolute atomic E-state index is 12.0. The zero-order valence-corrected chi connectivity index (χ0v) is 12.6. The first-order valence-electron chi connectivity index (χ1n) is 7.44. The molecule has 0 fully saturated rings. The first-order chi connectivity index (χ1) is 11.2. The second-order valence-corrected chi connectivity index (χ2v) is 5.52. The van der Waals surface area contributed by atoms with Crippen LogP contribution < -0.4 is 0 Å². The Labute approximate surface area is 132 Å². The van der Waals surface area contributed by atoms with Crippen molar-refractivity contribution in [1.29, 1.82) is 0 Å². The lowest BCUT2D eigenvalue weighted by Gasteiger charge is -2.20. The topological polar surface area (TPSA) is 74.2 Å². The van der Waals surface area contributed by atoms with Crippen LogP contribution in [0.3, 0.4) is 0 Å². The van der Waals surface area contributed by atoms with E-state index in [0.717, 1.165) is 28.0 Å². The zero-order valence-electron chi connectivity index (χ0n) is 12.6. The lowest BCUT2D eigenvalue weighted by molar-refractivity contribution is -0.130. The average Bonchev–Trinajstić information content (AvgIpc) is 3.23. The number of nitrogens with zero attached hydrogens (tertiary/aromatic N) is 4. The molecule has 1 N–H and O–H groups in total. The monoisotopic (exact) mass is 305 g/mol. The predicted octanol–water partition coefficient (Wildman–Crippen LogP) is 2.66. The van der Waals surface area contributed by atoms with Gasteiger partial charge in [0, 0.05) is 31.9 Å². The summed E-state index contributed by atoms with van der Waals surface area (Å²) in [6.07, 6.45) is 5.87. The van der Waals surface area contributed by atoms with Gasteiger partial charge in [0.15, 0.2) is 0 Å². The molecule has 6 nitrogen and oxygen atoms in total. The summed E-state index contributed by atoms with van der Waals surface area (Å²) in [6, 6.07) is 9.68. The number of hydrazone groups is 1. The summed E-state index contributed by atoms with van der Waals surface area (Å²) in [5.41, 5.74) is 4.50. The molecule has 1 aliphatic rings. The minimum absolute atomic E-state index is 0.0733. The van der Waals surface area contributed by atoms with E-state index in [1.807, 2.05) is 36.5 Å². The van der Waals surface area contributed by atoms with Gasteiger partial charge in [0.05, 0.1) is 28.5 Å². The Kier molecular flexibility index (Phi) is 3.15. The number of nitrogens with one attached hydrogen (secondary N) is 1. The number of hydrogen-bond donors (Lipinski definition) is 1. The summed E-state index contributed by atoms with van der Waals surface area (Å²) >= 11 is 0. The van der Waals surface area contributed by atoms with E-state index >= 15 is 0 Å². The average molecular weight is 305 g/mol. The van der Waals surface area contributed by atoms with Gasteiger partial charge in [-0.25, -0.2) is 5.01 Å². The highest BCUT2D eigenvalue weighted by atomic mass is 16.2. The fraction of sp³-hybridized carbons (Fsp3) is 0.176. The summed E-state index contributed by atoms with van der Waals surface area (Å²) in [4.78, 5) is 23.8. The van der Waals surface area contributed by atoms with E-state index in [0.29, 0.717) is 6.42 Å². The number of H-pyrrole nitrogens is 1. The van der Waals surface area contributed by atoms with Crippen LogP contribution in [0.1, 0.15) is 30.6 Å². The van der Waals surface area contributed by atoms with Crippen LogP contribution in [-0.2, 0) is 4.79 Å². The molecule has 3 aromatic rings. The van der Waals surface area contributed by atoms with Gasteiger partial charge in [-0.1, -0.05) is 6.07 Å². The Morgan fingerprint density at radius 2 is 2.04 bits per heavy atom. The SMILES string of the molecule is CC(=O)N1N=C(c2ccc[nH]2)CC1c1ccc2nccnc2c1. The number of amides is 1. The molecule has 1 atom stereocenters. The molecule has 0 saturated heterocycles. The summed E-state index contributed by atoms with van der Waals surface area (Å²) < 4.78 is 0. The van der Waals surface area contributed by atoms with E-state index in [1.54, 1.807) is 17.4 Å². The summed E-state index contributed by atoms with van der Waals surface area (Å²) in [6.45, 7) is 1.54. The molecule has 6 heteroatoms. The zero-order chi connectivity index (χ0) is 15.8. The van der Waals surface area contributed by atoms with E-state index in [4.69, 9.17) is 0 Å². The smallest absolute Gasteiger partial charge is 0.240 e. The van der Waals surface area contributed by atoms with Crippen molar-refractivity contribution in [3.63, 3.8) is 0 Å². The summed E-state index contributed by atoms with van der Waals surface area (Å²) in [5, 5.41) is 6.05. The van der Waals surface area contributed by atoms with Crippen molar-refractivity contribution in [2.24, 2.45) is 5.10 Å². The first-order valence-corrected chi connectivity index (χ1v) is 7.44. The number of aromatic amines is 1. The second-order valence-electron chi connectivity index (χ2n) is 5.52. The van der Waals surface area contributed by atoms with E-state index in [2.05, 4.69) is 20.1 Å². The molecule has 4 rings (SSSR count). The number of carbonyl (C=O) groups excluding carboxylic acids is 1. The molecule has 0 saturated carbocycles. The molecule has 1 amide bonds. The quantitative estimate of drug-likeness (QED) is 0.791. The molecule has 1 unspecified atom stereocenters. The minimum Gasteiger partial charge on any atom is -0.360 e. The van der Waals surface area contributed by atoms with Crippen molar-refractivity contribution in [1.82, 2.24) is 20.0 Å². The van der Waals surface area contributed by atoms with Gasteiger partial charge in [-0.3, -0.25) is 14.8 Å². The maximum Gasteiger partial charge on any atom is 0.240 e. The Morgan fingerprint density at radius 3 is 2.78 bits per heavy atom. The number of hydrogen-bond acceptors (Lipinski definition) is 4. The molecule has 0 aliphatic carbocycles. The molecule has 2 aromatic heterocycles. The van der Waals surface area contributed by atoms with Crippen molar-refractivity contribution >= 4 is 22.7 Å². The fourth-order valence-corrected chi connectivity index (χ4v) is 2.92. The van der Waals surface area contributed by atoms with Gasteiger partial charge < -0.3 is 4.98 Å². The van der Waals surface area contributed by atoms with E-state index < -0.39 is 0 Å². The molecular weight excluding hydrogens is 290 g/mol. The Hall–Kier alpha value is -3.02. The Morgan fingerprint density at radius 1 is 1.22 bits per heavy atom. The van der Waals surface area contributed by atoms with Gasteiger partial charge in [-0.15, -0.1) is 0 Å². The number of rotatable bonds is 2. The van der Waals surface area contributed by atoms with Crippen LogP contribution in [0.5, 0.6) is 0 Å². The van der Waals surface area contributed by atoms with Crippen LogP contribution in [0.25, 0.3) is 11.0 Å². The van der Waals surface area contributed by atoms with Crippen LogP contribution in [0.4, 0.5) is 0 Å². The molecule has 114 valence electrons. The van der Waals surface area contributed by atoms with Crippen LogP contribution in [0.15, 0.2) is 54.0 Å². The van der Waals surface area contributed by atoms with Crippen LogP contribution in [0.2, 0.25) is 0 Å². The first kappa shape index (κ1) is 13.6. The van der Waals surface area contributed by atoms with Crippen molar-refractivity contribution in [3.8, 4) is 0 Å². The van der Waals surface area contributed by atoms with Gasteiger partial charge in [-0.05, 0) is 29.8 Å². The van der Waals surface area contributed by atoms with Crippen molar-refractivity contribution in [2.45, 2.75) is 19.4 Å². The third-order valence-electron chi connectivity index (χ3n) is 4.02. The van der Waals surface area contributed by atoms with Crippen LogP contribution >= 0.6 is 0 Å². The van der Waals surface area contributed by atoms with Gasteiger partial charge >= 0.3 is 0 Å². The van der Waals surface area contributed by atoms with Crippen LogP contribution in [0, 0.1) is 0 Å². The minimum atomic E-state index is -0.114. The van der Waals surface area contributed by atoms with E-state index in [1.165, 1.54) is 6.92 Å². The fourth-order valence-electron chi connectivity index (χ4n) is 2.92. The highest BCUT2D eigenvalue weighted by Gasteiger charge is 2.31. The van der Waals surface area contributed by atoms with Crippen molar-refractivity contribution in [3.05, 3.63) is 60.2 Å². The lowest BCUT2D eigenvalue weighted by Crippen LogP contribution is -2.24. The molecular formula is C17H15N5O. The third-order valence-corrected chi connectivity index (χ3v) is 4.02. The molecule has 0 radical (unpaired) electrons. The largest absolute Gasteiger partial charge is 0.360 e. The van der Waals surface area contributed by atoms with Gasteiger partial charge in [0.2, 0.25) is 5.91 Å². The molecule has 0 bridgehead atoms. The third kappa shape index (κ3) is 2.38. The number of fused-ring (bicyclic) bond motifs is 1. The van der Waals surface area contributed by atoms with Gasteiger partial charge in [0.25, 0.3) is 0 Å². The molecule has 1 aliphatic heterocycles.